The van der Waals surface area contributed by atoms with E-state index in [1.807, 2.05) is 31.7 Å². The van der Waals surface area contributed by atoms with E-state index in [1.165, 1.54) is 6.07 Å². The summed E-state index contributed by atoms with van der Waals surface area (Å²) in [6.07, 6.45) is -4.16. The maximum Gasteiger partial charge on any atom is 0.417 e. The third-order valence-electron chi connectivity index (χ3n) is 8.20. The Hall–Kier alpha value is -3.73. The zero-order valence-electron chi connectivity index (χ0n) is 25.3. The number of amides is 1. The molecule has 0 spiro atoms. The minimum atomic E-state index is -4.78. The molecule has 2 heterocycles. The number of nitrogens with zero attached hydrogens (tertiary/aromatic N) is 5. The second kappa shape index (κ2) is 12.7. The highest BCUT2D eigenvalue weighted by Crippen LogP contribution is 2.40. The zero-order valence-corrected chi connectivity index (χ0v) is 26.1. The van der Waals surface area contributed by atoms with Crippen LogP contribution in [0.4, 0.5) is 24.5 Å². The number of hydrogen-bond donors (Lipinski definition) is 1. The Morgan fingerprint density at radius 3 is 2.34 bits per heavy atom. The van der Waals surface area contributed by atoms with Gasteiger partial charge in [0.25, 0.3) is 5.91 Å². The van der Waals surface area contributed by atoms with Gasteiger partial charge in [0, 0.05) is 37.4 Å². The van der Waals surface area contributed by atoms with Gasteiger partial charge in [0.15, 0.2) is 5.11 Å². The van der Waals surface area contributed by atoms with Gasteiger partial charge in [-0.25, -0.2) is 0 Å². The van der Waals surface area contributed by atoms with Crippen molar-refractivity contribution in [2.75, 3.05) is 42.6 Å². The van der Waals surface area contributed by atoms with Crippen molar-refractivity contribution < 1.29 is 32.6 Å². The SMILES string of the molecule is CCc1cc(N2C(=S)N(c3ccc(C#N)c(C(F)(F)F)c3)C(=O)C2(C)C)ccc1OCCN1C[C@@H](C)N(CC(=O)O)[C@@H](C)C1. The van der Waals surface area contributed by atoms with Gasteiger partial charge in [0.05, 0.1) is 29.4 Å². The summed E-state index contributed by atoms with van der Waals surface area (Å²) in [4.78, 5) is 31.7. The number of thiocarbonyl (C=S) groups is 1. The van der Waals surface area contributed by atoms with Gasteiger partial charge in [0.2, 0.25) is 0 Å². The lowest BCUT2D eigenvalue weighted by molar-refractivity contribution is -0.140. The molecule has 4 rings (SSSR count). The lowest BCUT2D eigenvalue weighted by Gasteiger charge is -2.43. The predicted molar refractivity (Wildman–Crippen MR) is 164 cm³/mol. The number of carbonyl (C=O) groups is 2. The topological polar surface area (TPSA) is 100 Å². The van der Waals surface area contributed by atoms with Crippen molar-refractivity contribution in [3.8, 4) is 11.8 Å². The van der Waals surface area contributed by atoms with Crippen LogP contribution >= 0.6 is 12.2 Å². The molecule has 9 nitrogen and oxygen atoms in total. The lowest BCUT2D eigenvalue weighted by Crippen LogP contribution is -2.58. The first kappa shape index (κ1) is 33.2. The molecule has 236 valence electrons. The maximum atomic E-state index is 13.7. The van der Waals surface area contributed by atoms with E-state index in [4.69, 9.17) is 22.2 Å². The van der Waals surface area contributed by atoms with Crippen LogP contribution in [0.2, 0.25) is 0 Å². The molecule has 2 aliphatic heterocycles. The number of aliphatic carboxylic acids is 1. The fraction of sp³-hybridized carbons (Fsp3) is 0.484. The zero-order chi connectivity index (χ0) is 32.6. The van der Waals surface area contributed by atoms with E-state index in [9.17, 15) is 27.9 Å². The Balaban J connectivity index is 1.51. The summed E-state index contributed by atoms with van der Waals surface area (Å²) >= 11 is 5.67. The molecule has 2 saturated heterocycles. The number of aryl methyl sites for hydroxylation is 1. The normalized spacial score (nSPS) is 21.1. The number of carbonyl (C=O) groups excluding carboxylic acids is 1. The highest BCUT2D eigenvalue weighted by atomic mass is 32.1. The van der Waals surface area contributed by atoms with Crippen molar-refractivity contribution in [3.63, 3.8) is 0 Å². The molecule has 1 N–H and O–H groups in total. The van der Waals surface area contributed by atoms with Crippen LogP contribution in [0.1, 0.15) is 51.3 Å². The van der Waals surface area contributed by atoms with Gasteiger partial charge in [-0.15, -0.1) is 0 Å². The minimum Gasteiger partial charge on any atom is -0.492 e. The highest BCUT2D eigenvalue weighted by Gasteiger charge is 2.51. The number of anilines is 2. The third kappa shape index (κ3) is 6.52. The van der Waals surface area contributed by atoms with E-state index in [1.54, 1.807) is 36.9 Å². The van der Waals surface area contributed by atoms with Crippen molar-refractivity contribution in [1.29, 1.82) is 5.26 Å². The van der Waals surface area contributed by atoms with E-state index in [-0.39, 0.29) is 29.4 Å². The smallest absolute Gasteiger partial charge is 0.417 e. The second-order valence-electron chi connectivity index (χ2n) is 11.7. The van der Waals surface area contributed by atoms with E-state index < -0.39 is 34.7 Å². The van der Waals surface area contributed by atoms with Crippen LogP contribution in [-0.4, -0.2) is 82.3 Å². The van der Waals surface area contributed by atoms with Gasteiger partial charge >= 0.3 is 12.1 Å². The quantitative estimate of drug-likeness (QED) is 0.387. The molecule has 0 bridgehead atoms. The molecule has 13 heteroatoms. The molecule has 2 aromatic rings. The van der Waals surface area contributed by atoms with E-state index in [0.29, 0.717) is 31.0 Å². The Labute approximate surface area is 260 Å². The molecule has 2 atom stereocenters. The monoisotopic (exact) mass is 631 g/mol. The van der Waals surface area contributed by atoms with Crippen LogP contribution in [-0.2, 0) is 22.2 Å². The number of hydrogen-bond acceptors (Lipinski definition) is 7. The average Bonchev–Trinajstić information content (AvgIpc) is 3.12. The summed E-state index contributed by atoms with van der Waals surface area (Å²) in [6, 6.07) is 10.3. The number of carboxylic acid groups (broad SMARTS) is 1. The van der Waals surface area contributed by atoms with Gasteiger partial charge in [0.1, 0.15) is 17.9 Å². The fourth-order valence-corrected chi connectivity index (χ4v) is 6.50. The molecule has 0 saturated carbocycles. The van der Waals surface area contributed by atoms with Gasteiger partial charge in [-0.1, -0.05) is 6.92 Å². The van der Waals surface area contributed by atoms with E-state index >= 15 is 0 Å². The predicted octanol–water partition coefficient (Wildman–Crippen LogP) is 4.91. The molecule has 1 amide bonds. The van der Waals surface area contributed by atoms with Crippen LogP contribution in [0.3, 0.4) is 0 Å². The summed E-state index contributed by atoms with van der Waals surface area (Å²) in [6.45, 7) is 11.9. The number of rotatable bonds is 9. The molecule has 2 aromatic carbocycles. The Morgan fingerprint density at radius 2 is 1.77 bits per heavy atom. The first-order chi connectivity index (χ1) is 20.6. The van der Waals surface area contributed by atoms with E-state index in [2.05, 4.69) is 4.90 Å². The number of halogens is 3. The van der Waals surface area contributed by atoms with Crippen molar-refractivity contribution in [1.82, 2.24) is 9.80 Å². The number of benzene rings is 2. The van der Waals surface area contributed by atoms with Crippen molar-refractivity contribution in [2.24, 2.45) is 0 Å². The molecule has 0 unspecified atom stereocenters. The Kier molecular flexibility index (Phi) is 9.58. The Bertz CT molecular complexity index is 1480. The molecular formula is C31H36F3N5O4S. The maximum absolute atomic E-state index is 13.7. The van der Waals surface area contributed by atoms with Crippen LogP contribution in [0.25, 0.3) is 0 Å². The second-order valence-corrected chi connectivity index (χ2v) is 12.0. The van der Waals surface area contributed by atoms with Gasteiger partial charge in [-0.3, -0.25) is 24.3 Å². The number of carboxylic acids is 1. The number of piperazine rings is 1. The molecule has 2 fully saturated rings. The Morgan fingerprint density at radius 1 is 1.14 bits per heavy atom. The molecular weight excluding hydrogens is 595 g/mol. The standard InChI is InChI=1S/C31H36F3N5O4S/c1-6-21-13-24(9-10-26(21)43-12-11-36-16-19(2)37(18-27(40)41)20(3)17-36)39-29(44)38(28(42)30(39,4)5)23-8-7-22(15-35)25(14-23)31(32,33)34/h7-10,13-14,19-20H,6,11-12,16-18H2,1-5H3,(H,40,41)/t19-,20+. The van der Waals surface area contributed by atoms with Crippen molar-refractivity contribution in [3.05, 3.63) is 53.1 Å². The summed E-state index contributed by atoms with van der Waals surface area (Å²) in [5, 5.41) is 18.4. The fourth-order valence-electron chi connectivity index (χ4n) is 5.98. The summed E-state index contributed by atoms with van der Waals surface area (Å²) < 4.78 is 47.1. The largest absolute Gasteiger partial charge is 0.492 e. The highest BCUT2D eigenvalue weighted by molar-refractivity contribution is 7.81. The number of alkyl halides is 3. The van der Waals surface area contributed by atoms with Crippen molar-refractivity contribution in [2.45, 2.75) is 64.8 Å². The average molecular weight is 632 g/mol. The lowest BCUT2D eigenvalue weighted by atomic mass is 10.0. The third-order valence-corrected chi connectivity index (χ3v) is 8.56. The van der Waals surface area contributed by atoms with E-state index in [0.717, 1.165) is 35.7 Å². The number of ether oxygens (including phenoxy) is 1. The molecule has 0 aliphatic carbocycles. The molecule has 2 aliphatic rings. The molecule has 0 radical (unpaired) electrons. The molecule has 0 aromatic heterocycles. The first-order valence-corrected chi connectivity index (χ1v) is 14.8. The molecule has 44 heavy (non-hydrogen) atoms. The first-order valence-electron chi connectivity index (χ1n) is 14.4. The van der Waals surface area contributed by atoms with Crippen LogP contribution in [0.15, 0.2) is 36.4 Å². The van der Waals surface area contributed by atoms with Crippen LogP contribution in [0, 0.1) is 11.3 Å². The summed E-state index contributed by atoms with van der Waals surface area (Å²) in [5.74, 6) is -0.656. The summed E-state index contributed by atoms with van der Waals surface area (Å²) in [7, 11) is 0. The van der Waals surface area contributed by atoms with Crippen LogP contribution < -0.4 is 14.5 Å². The van der Waals surface area contributed by atoms with Crippen molar-refractivity contribution >= 4 is 40.6 Å². The minimum absolute atomic E-state index is 0.0154. The van der Waals surface area contributed by atoms with Gasteiger partial charge in [-0.2, -0.15) is 18.4 Å². The number of nitriles is 1. The van der Waals surface area contributed by atoms with Gasteiger partial charge < -0.3 is 14.7 Å². The van der Waals surface area contributed by atoms with Gasteiger partial charge in [-0.05, 0) is 88.3 Å². The summed E-state index contributed by atoms with van der Waals surface area (Å²) in [5.41, 5.74) is -1.47. The van der Waals surface area contributed by atoms with Crippen LogP contribution in [0.5, 0.6) is 5.75 Å².